The van der Waals surface area contributed by atoms with Crippen LogP contribution in [0.3, 0.4) is 0 Å². The van der Waals surface area contributed by atoms with Crippen LogP contribution in [0.15, 0.2) is 17.5 Å². The van der Waals surface area contributed by atoms with Crippen molar-refractivity contribution in [2.24, 2.45) is 5.92 Å². The first-order valence-electron chi connectivity index (χ1n) is 5.15. The van der Waals surface area contributed by atoms with Gasteiger partial charge in [-0.25, -0.2) is 0 Å². The summed E-state index contributed by atoms with van der Waals surface area (Å²) in [6.07, 6.45) is 2.24. The van der Waals surface area contributed by atoms with Crippen molar-refractivity contribution in [3.05, 3.63) is 22.4 Å². The molecule has 1 aromatic rings. The molecular weight excluding hydrogens is 194 g/mol. The van der Waals surface area contributed by atoms with Crippen LogP contribution < -0.4 is 0 Å². The molecule has 0 spiro atoms. The van der Waals surface area contributed by atoms with Crippen LogP contribution in [0.4, 0.5) is 0 Å². The van der Waals surface area contributed by atoms with E-state index in [9.17, 15) is 5.11 Å². The fraction of sp³-hybridized carbons (Fsp3) is 0.636. The molecule has 2 heterocycles. The van der Waals surface area contributed by atoms with Gasteiger partial charge in [0, 0.05) is 17.5 Å². The SMILES string of the molecule is CN1CC[C@H](CO)C[C@@H]1c1cccs1. The van der Waals surface area contributed by atoms with Gasteiger partial charge in [0.05, 0.1) is 0 Å². The predicted molar refractivity (Wildman–Crippen MR) is 59.5 cm³/mol. The van der Waals surface area contributed by atoms with Crippen LogP contribution in [-0.2, 0) is 0 Å². The second-order valence-electron chi connectivity index (χ2n) is 4.08. The lowest BCUT2D eigenvalue weighted by molar-refractivity contribution is 0.102. The quantitative estimate of drug-likeness (QED) is 0.810. The summed E-state index contributed by atoms with van der Waals surface area (Å²) < 4.78 is 0. The number of hydrogen-bond acceptors (Lipinski definition) is 3. The summed E-state index contributed by atoms with van der Waals surface area (Å²) >= 11 is 1.82. The molecule has 1 aromatic heterocycles. The standard InChI is InChI=1S/C11H17NOS/c1-12-5-4-9(8-13)7-10(12)11-3-2-6-14-11/h2-3,6,9-10,13H,4-5,7-8H2,1H3/t9-,10+/m0/s1. The summed E-state index contributed by atoms with van der Waals surface area (Å²) in [6, 6.07) is 4.84. The molecule has 1 saturated heterocycles. The van der Waals surface area contributed by atoms with Crippen LogP contribution in [0.25, 0.3) is 0 Å². The van der Waals surface area contributed by atoms with Gasteiger partial charge in [0.1, 0.15) is 0 Å². The van der Waals surface area contributed by atoms with E-state index in [1.54, 1.807) is 0 Å². The van der Waals surface area contributed by atoms with Gasteiger partial charge in [-0.2, -0.15) is 0 Å². The van der Waals surface area contributed by atoms with E-state index in [1.165, 1.54) is 4.88 Å². The second-order valence-corrected chi connectivity index (χ2v) is 5.06. The molecule has 0 radical (unpaired) electrons. The Morgan fingerprint density at radius 3 is 3.14 bits per heavy atom. The van der Waals surface area contributed by atoms with Crippen LogP contribution in [0.2, 0.25) is 0 Å². The summed E-state index contributed by atoms with van der Waals surface area (Å²) in [7, 11) is 2.18. The minimum absolute atomic E-state index is 0.343. The molecule has 1 aliphatic rings. The first-order valence-corrected chi connectivity index (χ1v) is 6.03. The van der Waals surface area contributed by atoms with Crippen LogP contribution in [0.1, 0.15) is 23.8 Å². The Morgan fingerprint density at radius 2 is 2.50 bits per heavy atom. The monoisotopic (exact) mass is 211 g/mol. The highest BCUT2D eigenvalue weighted by atomic mass is 32.1. The number of thiophene rings is 1. The van der Waals surface area contributed by atoms with E-state index in [1.807, 2.05) is 11.3 Å². The fourth-order valence-corrected chi connectivity index (χ4v) is 3.04. The number of aliphatic hydroxyl groups is 1. The molecular formula is C11H17NOS. The zero-order valence-corrected chi connectivity index (χ0v) is 9.33. The van der Waals surface area contributed by atoms with Gasteiger partial charge in [0.25, 0.3) is 0 Å². The lowest BCUT2D eigenvalue weighted by Gasteiger charge is -2.35. The Labute approximate surface area is 89.2 Å². The average Bonchev–Trinajstić information content (AvgIpc) is 2.71. The van der Waals surface area contributed by atoms with Crippen molar-refractivity contribution in [3.63, 3.8) is 0 Å². The van der Waals surface area contributed by atoms with Crippen LogP contribution >= 0.6 is 11.3 Å². The average molecular weight is 211 g/mol. The third kappa shape index (κ3) is 2.00. The molecule has 2 rings (SSSR count). The van der Waals surface area contributed by atoms with Gasteiger partial charge in [-0.3, -0.25) is 4.90 Å². The summed E-state index contributed by atoms with van der Waals surface area (Å²) in [4.78, 5) is 3.84. The van der Waals surface area contributed by atoms with Crippen molar-refractivity contribution in [2.45, 2.75) is 18.9 Å². The molecule has 14 heavy (non-hydrogen) atoms. The van der Waals surface area contributed by atoms with Gasteiger partial charge in [-0.1, -0.05) is 6.07 Å². The third-order valence-electron chi connectivity index (χ3n) is 3.11. The first kappa shape index (κ1) is 10.1. The van der Waals surface area contributed by atoms with Crippen molar-refractivity contribution in [1.82, 2.24) is 4.90 Å². The van der Waals surface area contributed by atoms with E-state index in [-0.39, 0.29) is 0 Å². The molecule has 1 N–H and O–H groups in total. The summed E-state index contributed by atoms with van der Waals surface area (Å²) in [5.74, 6) is 0.498. The Hall–Kier alpha value is -0.380. The normalized spacial score (nSPS) is 29.3. The van der Waals surface area contributed by atoms with Crippen molar-refractivity contribution >= 4 is 11.3 Å². The largest absolute Gasteiger partial charge is 0.396 e. The smallest absolute Gasteiger partial charge is 0.0460 e. The van der Waals surface area contributed by atoms with E-state index < -0.39 is 0 Å². The van der Waals surface area contributed by atoms with E-state index >= 15 is 0 Å². The molecule has 2 nitrogen and oxygen atoms in total. The Bertz CT molecular complexity index is 273. The predicted octanol–water partition coefficient (Wildman–Crippen LogP) is 2.12. The number of rotatable bonds is 2. The molecule has 0 amide bonds. The Kier molecular flexibility index (Phi) is 3.21. The highest BCUT2D eigenvalue weighted by Crippen LogP contribution is 2.34. The Balaban J connectivity index is 2.09. The zero-order chi connectivity index (χ0) is 9.97. The maximum absolute atomic E-state index is 9.18. The molecule has 2 atom stereocenters. The fourth-order valence-electron chi connectivity index (χ4n) is 2.14. The lowest BCUT2D eigenvalue weighted by atomic mass is 9.91. The Morgan fingerprint density at radius 1 is 1.64 bits per heavy atom. The molecule has 0 aromatic carbocycles. The first-order chi connectivity index (χ1) is 6.81. The summed E-state index contributed by atoms with van der Waals surface area (Å²) in [5, 5.41) is 11.3. The molecule has 78 valence electrons. The minimum atomic E-state index is 0.343. The molecule has 0 aliphatic carbocycles. The highest BCUT2D eigenvalue weighted by molar-refractivity contribution is 7.10. The van der Waals surface area contributed by atoms with E-state index in [0.717, 1.165) is 19.4 Å². The molecule has 1 aliphatic heterocycles. The zero-order valence-electron chi connectivity index (χ0n) is 8.52. The number of nitrogens with zero attached hydrogens (tertiary/aromatic N) is 1. The molecule has 3 heteroatoms. The van der Waals surface area contributed by atoms with E-state index in [2.05, 4.69) is 29.5 Å². The maximum Gasteiger partial charge on any atom is 0.0460 e. The number of piperidine rings is 1. The number of hydrogen-bond donors (Lipinski definition) is 1. The highest BCUT2D eigenvalue weighted by Gasteiger charge is 2.27. The van der Waals surface area contributed by atoms with Crippen molar-refractivity contribution < 1.29 is 5.11 Å². The summed E-state index contributed by atoms with van der Waals surface area (Å²) in [6.45, 7) is 1.45. The van der Waals surface area contributed by atoms with Gasteiger partial charge >= 0.3 is 0 Å². The van der Waals surface area contributed by atoms with E-state index in [0.29, 0.717) is 18.6 Å². The van der Waals surface area contributed by atoms with Gasteiger partial charge in [0.2, 0.25) is 0 Å². The van der Waals surface area contributed by atoms with Crippen LogP contribution in [0.5, 0.6) is 0 Å². The minimum Gasteiger partial charge on any atom is -0.396 e. The van der Waals surface area contributed by atoms with Gasteiger partial charge < -0.3 is 5.11 Å². The van der Waals surface area contributed by atoms with Gasteiger partial charge in [0.15, 0.2) is 0 Å². The van der Waals surface area contributed by atoms with Gasteiger partial charge in [-0.15, -0.1) is 11.3 Å². The molecule has 1 fully saturated rings. The summed E-state index contributed by atoms with van der Waals surface area (Å²) in [5.41, 5.74) is 0. The molecule has 0 bridgehead atoms. The number of likely N-dealkylation sites (tertiary alicyclic amines) is 1. The van der Waals surface area contributed by atoms with Crippen LogP contribution in [0, 0.1) is 5.92 Å². The third-order valence-corrected chi connectivity index (χ3v) is 4.08. The van der Waals surface area contributed by atoms with Crippen molar-refractivity contribution in [1.29, 1.82) is 0 Å². The molecule has 0 unspecified atom stereocenters. The topological polar surface area (TPSA) is 23.5 Å². The van der Waals surface area contributed by atoms with Crippen LogP contribution in [-0.4, -0.2) is 30.2 Å². The number of aliphatic hydroxyl groups excluding tert-OH is 1. The second kappa shape index (κ2) is 4.43. The van der Waals surface area contributed by atoms with E-state index in [4.69, 9.17) is 0 Å². The van der Waals surface area contributed by atoms with Gasteiger partial charge in [-0.05, 0) is 43.8 Å². The van der Waals surface area contributed by atoms with Crippen molar-refractivity contribution in [2.75, 3.05) is 20.2 Å². The van der Waals surface area contributed by atoms with Crippen molar-refractivity contribution in [3.8, 4) is 0 Å². The maximum atomic E-state index is 9.18. The molecule has 0 saturated carbocycles. The lowest BCUT2D eigenvalue weighted by Crippen LogP contribution is -2.34.